The summed E-state index contributed by atoms with van der Waals surface area (Å²) >= 11 is 0. The van der Waals surface area contributed by atoms with E-state index in [1.165, 1.54) is 154 Å². The monoisotopic (exact) mass is 730 g/mol. The number of likely N-dealkylation sites (tertiary alicyclic amines) is 1. The van der Waals surface area contributed by atoms with Gasteiger partial charge >= 0.3 is 12.2 Å². The summed E-state index contributed by atoms with van der Waals surface area (Å²) in [5.41, 5.74) is -1.15. The second-order valence-electron chi connectivity index (χ2n) is 17.4. The third-order valence-electron chi connectivity index (χ3n) is 10.0. The van der Waals surface area contributed by atoms with E-state index in [1.807, 2.05) is 41.5 Å². The van der Waals surface area contributed by atoms with E-state index in [0.717, 1.165) is 30.7 Å². The van der Waals surface area contributed by atoms with E-state index in [4.69, 9.17) is 9.47 Å². The Morgan fingerprint density at radius 3 is 0.960 bits per heavy atom. The Bertz CT molecular complexity index is 774. The highest BCUT2D eigenvalue weighted by Crippen LogP contribution is 2.26. The van der Waals surface area contributed by atoms with Gasteiger partial charge in [-0.3, -0.25) is 0 Å². The number of nitrogens with one attached hydrogen (secondary N) is 2. The lowest BCUT2D eigenvalue weighted by Crippen LogP contribution is -3.00. The van der Waals surface area contributed by atoms with Gasteiger partial charge in [0.2, 0.25) is 0 Å². The molecule has 0 aromatic heterocycles. The fourth-order valence-corrected chi connectivity index (χ4v) is 7.43. The fraction of sp³-hybridized carbons (Fsp3) is 0.952. The number of ether oxygens (including phenoxy) is 2. The molecule has 298 valence electrons. The molecule has 50 heavy (non-hydrogen) atoms. The van der Waals surface area contributed by atoms with Gasteiger partial charge in [0.1, 0.15) is 36.4 Å². The van der Waals surface area contributed by atoms with E-state index < -0.39 is 23.4 Å². The van der Waals surface area contributed by atoms with Crippen LogP contribution in [0.25, 0.3) is 0 Å². The topological polar surface area (TPSA) is 76.7 Å². The van der Waals surface area contributed by atoms with Crippen molar-refractivity contribution >= 4 is 12.2 Å². The van der Waals surface area contributed by atoms with Crippen molar-refractivity contribution in [2.24, 2.45) is 0 Å². The molecule has 8 heteroatoms. The summed E-state index contributed by atoms with van der Waals surface area (Å²) in [5, 5.41) is 6.31. The molecule has 0 unspecified atom stereocenters. The summed E-state index contributed by atoms with van der Waals surface area (Å²) < 4.78 is 12.3. The number of rotatable bonds is 28. The second kappa shape index (κ2) is 28.3. The average molecular weight is 731 g/mol. The van der Waals surface area contributed by atoms with Crippen molar-refractivity contribution in [1.29, 1.82) is 0 Å². The molecule has 0 aliphatic carbocycles. The minimum absolute atomic E-state index is 0. The molecule has 1 heterocycles. The first-order valence-corrected chi connectivity index (χ1v) is 21.1. The van der Waals surface area contributed by atoms with Crippen molar-refractivity contribution in [2.75, 3.05) is 26.2 Å². The van der Waals surface area contributed by atoms with Gasteiger partial charge in [-0.15, -0.1) is 0 Å². The Kier molecular flexibility index (Phi) is 27.6. The van der Waals surface area contributed by atoms with E-state index in [1.54, 1.807) is 0 Å². The highest BCUT2D eigenvalue weighted by Gasteiger charge is 2.47. The molecule has 0 bridgehead atoms. The third kappa shape index (κ3) is 26.5. The van der Waals surface area contributed by atoms with Crippen LogP contribution in [0, 0.1) is 0 Å². The Hall–Kier alpha value is -1.21. The quantitative estimate of drug-likeness (QED) is 0.0623. The third-order valence-corrected chi connectivity index (χ3v) is 10.0. The number of alkyl carbamates (subject to hydrolysis) is 2. The molecule has 0 aromatic carbocycles. The van der Waals surface area contributed by atoms with Gasteiger partial charge in [0.05, 0.1) is 13.1 Å². The van der Waals surface area contributed by atoms with Gasteiger partial charge in [-0.25, -0.2) is 9.59 Å². The van der Waals surface area contributed by atoms with Crippen LogP contribution >= 0.6 is 0 Å². The van der Waals surface area contributed by atoms with Crippen molar-refractivity contribution in [3.8, 4) is 0 Å². The molecule has 2 atom stereocenters. The van der Waals surface area contributed by atoms with Crippen LogP contribution in [0.15, 0.2) is 0 Å². The molecule has 0 aromatic rings. The van der Waals surface area contributed by atoms with Crippen LogP contribution in [0.2, 0.25) is 0 Å². The van der Waals surface area contributed by atoms with Crippen LogP contribution < -0.4 is 23.0 Å². The first-order valence-electron chi connectivity index (χ1n) is 21.1. The van der Waals surface area contributed by atoms with E-state index in [-0.39, 0.29) is 24.5 Å². The van der Waals surface area contributed by atoms with E-state index >= 15 is 0 Å². The number of nitrogens with zero attached hydrogens (tertiary/aromatic N) is 1. The number of quaternary nitrogens is 1. The Balaban J connectivity index is 0.0000240. The van der Waals surface area contributed by atoms with Crippen LogP contribution in [0.1, 0.15) is 209 Å². The minimum atomic E-state index is -0.577. The van der Waals surface area contributed by atoms with Gasteiger partial charge in [0.15, 0.2) is 0 Å². The average Bonchev–Trinajstić information content (AvgIpc) is 3.32. The molecule has 0 spiro atoms. The first-order chi connectivity index (χ1) is 23.3. The molecule has 2 N–H and O–H groups in total. The molecule has 0 saturated carbocycles. The summed E-state index contributed by atoms with van der Waals surface area (Å²) in [6.07, 6.45) is 31.4. The number of carbonyl (C=O) groups is 2. The van der Waals surface area contributed by atoms with Crippen LogP contribution in [0.3, 0.4) is 0 Å². The maximum atomic E-state index is 12.9. The minimum Gasteiger partial charge on any atom is -1.00 e. The SMILES string of the molecule is CCCCCCCCCCCCCC[N+]1(CCCCCCCCCCCCCC)C[C@H](NC(=O)OC(C)(C)C)[C@@H](NC(=O)OC(C)(C)C)C1.[Cl-]. The molecular weight excluding hydrogens is 646 g/mol. The molecule has 7 nitrogen and oxygen atoms in total. The van der Waals surface area contributed by atoms with Gasteiger partial charge in [-0.05, 0) is 67.2 Å². The van der Waals surface area contributed by atoms with Crippen molar-refractivity contribution in [3.63, 3.8) is 0 Å². The zero-order valence-electron chi connectivity index (χ0n) is 34.4. The Morgan fingerprint density at radius 1 is 0.480 bits per heavy atom. The summed E-state index contributed by atoms with van der Waals surface area (Å²) in [5.74, 6) is 0. The maximum Gasteiger partial charge on any atom is 0.408 e. The molecule has 1 fully saturated rings. The summed E-state index contributed by atoms with van der Waals surface area (Å²) in [6.45, 7) is 19.7. The summed E-state index contributed by atoms with van der Waals surface area (Å²) in [6, 6.07) is -0.394. The smallest absolute Gasteiger partial charge is 0.408 e. The van der Waals surface area contributed by atoms with Gasteiger partial charge in [-0.1, -0.05) is 142 Å². The van der Waals surface area contributed by atoms with Crippen LogP contribution in [-0.2, 0) is 9.47 Å². The molecule has 1 aliphatic rings. The van der Waals surface area contributed by atoms with Gasteiger partial charge in [0, 0.05) is 0 Å². The number of unbranched alkanes of at least 4 members (excludes halogenated alkanes) is 22. The molecule has 1 aliphatic heterocycles. The lowest BCUT2D eigenvalue weighted by molar-refractivity contribution is -0.918. The lowest BCUT2D eigenvalue weighted by atomic mass is 10.0. The standard InChI is InChI=1S/C42H83N3O4.ClH/c1-9-11-13-15-17-19-21-23-25-27-29-31-33-45(34-32-30-28-26-24-22-20-18-16-14-12-10-2)35-37(43-39(46)48-41(3,4)5)38(36-45)44-40(47)49-42(6,7)8;/h37-38H,9-36H2,1-8H3,(H-,43,44,46,47);1H/t37-,38-;/m0./s1. The summed E-state index contributed by atoms with van der Waals surface area (Å²) in [4.78, 5) is 25.9. The Labute approximate surface area is 316 Å². The van der Waals surface area contributed by atoms with Gasteiger partial charge < -0.3 is 37.0 Å². The van der Waals surface area contributed by atoms with Crippen molar-refractivity contribution < 1.29 is 36.0 Å². The normalized spacial score (nSPS) is 17.3. The highest BCUT2D eigenvalue weighted by atomic mass is 35.5. The Morgan fingerprint density at radius 2 is 0.720 bits per heavy atom. The molecular formula is C42H84ClN3O4. The zero-order valence-corrected chi connectivity index (χ0v) is 35.2. The van der Waals surface area contributed by atoms with Crippen molar-refractivity contribution in [3.05, 3.63) is 0 Å². The van der Waals surface area contributed by atoms with Crippen LogP contribution in [-0.4, -0.2) is 66.1 Å². The lowest BCUT2D eigenvalue weighted by Gasteiger charge is -2.35. The van der Waals surface area contributed by atoms with Crippen molar-refractivity contribution in [1.82, 2.24) is 10.6 Å². The molecule has 1 saturated heterocycles. The number of hydrogen-bond donors (Lipinski definition) is 2. The highest BCUT2D eigenvalue weighted by molar-refractivity contribution is 5.70. The fourth-order valence-electron chi connectivity index (χ4n) is 7.43. The van der Waals surface area contributed by atoms with Crippen LogP contribution in [0.5, 0.6) is 0 Å². The second-order valence-corrected chi connectivity index (χ2v) is 17.4. The first kappa shape index (κ1) is 48.8. The number of hydrogen-bond acceptors (Lipinski definition) is 4. The predicted octanol–water partition coefficient (Wildman–Crippen LogP) is 9.01. The molecule has 2 amide bonds. The largest absolute Gasteiger partial charge is 1.00 e. The van der Waals surface area contributed by atoms with E-state index in [2.05, 4.69) is 24.5 Å². The zero-order chi connectivity index (χ0) is 36.4. The number of halogens is 1. The molecule has 0 radical (unpaired) electrons. The van der Waals surface area contributed by atoms with Crippen molar-refractivity contribution in [2.45, 2.75) is 233 Å². The van der Waals surface area contributed by atoms with Crippen LogP contribution in [0.4, 0.5) is 9.59 Å². The van der Waals surface area contributed by atoms with E-state index in [0.29, 0.717) is 0 Å². The predicted molar refractivity (Wildman–Crippen MR) is 208 cm³/mol. The maximum absolute atomic E-state index is 12.9. The molecule has 1 rings (SSSR count). The van der Waals surface area contributed by atoms with Gasteiger partial charge in [-0.2, -0.15) is 0 Å². The van der Waals surface area contributed by atoms with Gasteiger partial charge in [0.25, 0.3) is 0 Å². The number of amides is 2. The van der Waals surface area contributed by atoms with E-state index in [9.17, 15) is 9.59 Å². The summed E-state index contributed by atoms with van der Waals surface area (Å²) in [7, 11) is 0. The number of carbonyl (C=O) groups excluding carboxylic acids is 2.